The van der Waals surface area contributed by atoms with Crippen LogP contribution in [0.3, 0.4) is 0 Å². The minimum atomic E-state index is -0.558. The average molecular weight is 699 g/mol. The second kappa shape index (κ2) is 12.2. The van der Waals surface area contributed by atoms with Gasteiger partial charge >= 0.3 is 5.97 Å². The van der Waals surface area contributed by atoms with Crippen molar-refractivity contribution in [1.82, 2.24) is 0 Å². The maximum absolute atomic E-state index is 12.6. The van der Waals surface area contributed by atoms with Crippen LogP contribution < -0.4 is 10.1 Å². The van der Waals surface area contributed by atoms with Gasteiger partial charge in [0.1, 0.15) is 24.0 Å². The van der Waals surface area contributed by atoms with E-state index in [-0.39, 0.29) is 5.57 Å². The number of esters is 1. The lowest BCUT2D eigenvalue weighted by Gasteiger charge is -2.12. The number of hydrogen-bond acceptors (Lipinski definition) is 5. The van der Waals surface area contributed by atoms with Crippen molar-refractivity contribution in [2.75, 3.05) is 12.4 Å². The Bertz CT molecular complexity index is 1280. The van der Waals surface area contributed by atoms with Crippen molar-refractivity contribution < 1.29 is 19.1 Å². The molecule has 0 unspecified atom stereocenters. The predicted octanol–water partition coefficient (Wildman–Crippen LogP) is 6.46. The monoisotopic (exact) mass is 698 g/mol. The van der Waals surface area contributed by atoms with Crippen molar-refractivity contribution in [2.24, 2.45) is 0 Å². The fourth-order valence-electron chi connectivity index (χ4n) is 2.89. The lowest BCUT2D eigenvalue weighted by atomic mass is 10.1. The second-order valence-corrected chi connectivity index (χ2v) is 9.62. The zero-order valence-electron chi connectivity index (χ0n) is 17.8. The molecular weight excluding hydrogens is 682 g/mol. The number of ether oxygens (including phenoxy) is 2. The van der Waals surface area contributed by atoms with Crippen LogP contribution >= 0.6 is 56.8 Å². The van der Waals surface area contributed by atoms with E-state index in [9.17, 15) is 14.9 Å². The molecule has 172 valence electrons. The van der Waals surface area contributed by atoms with E-state index in [1.807, 2.05) is 42.5 Å². The molecule has 0 bridgehead atoms. The van der Waals surface area contributed by atoms with Gasteiger partial charge in [-0.15, -0.1) is 0 Å². The van der Waals surface area contributed by atoms with Gasteiger partial charge < -0.3 is 14.8 Å². The van der Waals surface area contributed by atoms with E-state index >= 15 is 0 Å². The Morgan fingerprint density at radius 1 is 1.09 bits per heavy atom. The Labute approximate surface area is 229 Å². The third kappa shape index (κ3) is 6.71. The number of rotatable bonds is 7. The van der Waals surface area contributed by atoms with Gasteiger partial charge in [-0.05, 0) is 99.3 Å². The van der Waals surface area contributed by atoms with Crippen molar-refractivity contribution in [3.63, 3.8) is 0 Å². The van der Waals surface area contributed by atoms with E-state index in [1.54, 1.807) is 12.1 Å². The molecular formula is C25H17ClI2N2O4. The normalized spacial score (nSPS) is 10.9. The van der Waals surface area contributed by atoms with Crippen molar-refractivity contribution in [2.45, 2.75) is 6.61 Å². The number of nitriles is 1. The highest BCUT2D eigenvalue weighted by molar-refractivity contribution is 14.1. The number of hydrogen-bond donors (Lipinski definition) is 1. The first kappa shape index (κ1) is 26.0. The lowest BCUT2D eigenvalue weighted by molar-refractivity contribution is -0.112. The van der Waals surface area contributed by atoms with Gasteiger partial charge in [0.25, 0.3) is 5.91 Å². The number of carbonyl (C=O) groups excluding carboxylic acids is 2. The molecule has 3 aromatic rings. The molecule has 3 rings (SSSR count). The molecule has 0 atom stereocenters. The summed E-state index contributed by atoms with van der Waals surface area (Å²) in [4.78, 5) is 24.2. The Balaban J connectivity index is 1.75. The van der Waals surface area contributed by atoms with Crippen LogP contribution in [-0.4, -0.2) is 19.0 Å². The molecule has 3 aromatic carbocycles. The summed E-state index contributed by atoms with van der Waals surface area (Å²) in [5.74, 6) is -0.330. The Kier molecular flexibility index (Phi) is 9.32. The number of nitrogens with zero attached hydrogens (tertiary/aromatic N) is 1. The summed E-state index contributed by atoms with van der Waals surface area (Å²) < 4.78 is 12.3. The van der Waals surface area contributed by atoms with Crippen LogP contribution in [0.25, 0.3) is 6.08 Å². The summed E-state index contributed by atoms with van der Waals surface area (Å²) in [5, 5.41) is 12.8. The highest BCUT2D eigenvalue weighted by Gasteiger charge is 2.14. The van der Waals surface area contributed by atoms with Crippen molar-refractivity contribution in [3.05, 3.63) is 95.1 Å². The Hall–Kier alpha value is -2.62. The van der Waals surface area contributed by atoms with Crippen LogP contribution in [0.2, 0.25) is 5.02 Å². The highest BCUT2D eigenvalue weighted by atomic mass is 127. The number of anilines is 1. The lowest BCUT2D eigenvalue weighted by Crippen LogP contribution is -2.13. The second-order valence-electron chi connectivity index (χ2n) is 6.89. The molecule has 0 radical (unpaired) electrons. The smallest absolute Gasteiger partial charge is 0.337 e. The third-order valence-electron chi connectivity index (χ3n) is 4.59. The van der Waals surface area contributed by atoms with Gasteiger partial charge in [-0.3, -0.25) is 4.79 Å². The SMILES string of the molecule is COC(=O)c1ccc(NC(=O)/C(C#N)=C/c2cc(I)c(OCc3ccccc3Cl)c(I)c2)cc1. The molecule has 34 heavy (non-hydrogen) atoms. The van der Waals surface area contributed by atoms with Crippen LogP contribution in [-0.2, 0) is 16.1 Å². The Morgan fingerprint density at radius 2 is 1.74 bits per heavy atom. The summed E-state index contributed by atoms with van der Waals surface area (Å²) in [6, 6.07) is 19.3. The van der Waals surface area contributed by atoms with Gasteiger partial charge in [0.05, 0.1) is 19.8 Å². The zero-order valence-corrected chi connectivity index (χ0v) is 22.8. The highest BCUT2D eigenvalue weighted by Crippen LogP contribution is 2.31. The van der Waals surface area contributed by atoms with E-state index < -0.39 is 11.9 Å². The molecule has 1 amide bonds. The average Bonchev–Trinajstić information content (AvgIpc) is 2.83. The first-order valence-corrected chi connectivity index (χ1v) is 12.3. The number of halogens is 3. The summed E-state index contributed by atoms with van der Waals surface area (Å²) in [7, 11) is 1.29. The number of amides is 1. The van der Waals surface area contributed by atoms with Gasteiger partial charge in [-0.1, -0.05) is 29.8 Å². The molecule has 9 heteroatoms. The number of nitrogens with one attached hydrogen (secondary N) is 1. The molecule has 0 fully saturated rings. The molecule has 0 spiro atoms. The molecule has 0 heterocycles. The molecule has 0 aromatic heterocycles. The van der Waals surface area contributed by atoms with Crippen molar-refractivity contribution in [3.8, 4) is 11.8 Å². The first-order chi connectivity index (χ1) is 16.3. The zero-order chi connectivity index (χ0) is 24.7. The molecule has 0 aliphatic rings. The van der Waals surface area contributed by atoms with Crippen LogP contribution in [0.5, 0.6) is 5.75 Å². The van der Waals surface area contributed by atoms with Crippen molar-refractivity contribution >= 4 is 80.4 Å². The fourth-order valence-corrected chi connectivity index (χ4v) is 5.21. The Morgan fingerprint density at radius 3 is 2.32 bits per heavy atom. The predicted molar refractivity (Wildman–Crippen MR) is 148 cm³/mol. The van der Waals surface area contributed by atoms with E-state index in [4.69, 9.17) is 16.3 Å². The van der Waals surface area contributed by atoms with Gasteiger partial charge in [0, 0.05) is 16.3 Å². The fraction of sp³-hybridized carbons (Fsp3) is 0.0800. The van der Waals surface area contributed by atoms with Crippen LogP contribution in [0.1, 0.15) is 21.5 Å². The quantitative estimate of drug-likeness (QED) is 0.133. The maximum Gasteiger partial charge on any atom is 0.337 e. The van der Waals surface area contributed by atoms with E-state index in [0.29, 0.717) is 34.2 Å². The van der Waals surface area contributed by atoms with Crippen molar-refractivity contribution in [1.29, 1.82) is 5.26 Å². The minimum Gasteiger partial charge on any atom is -0.487 e. The number of benzene rings is 3. The summed E-state index contributed by atoms with van der Waals surface area (Å²) in [6.07, 6.45) is 1.51. The van der Waals surface area contributed by atoms with E-state index in [1.165, 1.54) is 25.3 Å². The summed E-state index contributed by atoms with van der Waals surface area (Å²) >= 11 is 10.5. The molecule has 1 N–H and O–H groups in total. The van der Waals surface area contributed by atoms with Gasteiger partial charge in [-0.2, -0.15) is 5.26 Å². The van der Waals surface area contributed by atoms with Gasteiger partial charge in [0.2, 0.25) is 0 Å². The van der Waals surface area contributed by atoms with E-state index in [0.717, 1.165) is 12.7 Å². The largest absolute Gasteiger partial charge is 0.487 e. The topological polar surface area (TPSA) is 88.4 Å². The van der Waals surface area contributed by atoms with E-state index in [2.05, 4.69) is 55.2 Å². The summed E-state index contributed by atoms with van der Waals surface area (Å²) in [5.41, 5.74) is 2.31. The van der Waals surface area contributed by atoms with Gasteiger partial charge in [-0.25, -0.2) is 4.79 Å². The summed E-state index contributed by atoms with van der Waals surface area (Å²) in [6.45, 7) is 0.321. The van der Waals surface area contributed by atoms with Gasteiger partial charge in [0.15, 0.2) is 0 Å². The first-order valence-electron chi connectivity index (χ1n) is 9.79. The molecule has 0 saturated heterocycles. The molecule has 6 nitrogen and oxygen atoms in total. The molecule has 0 aliphatic carbocycles. The number of carbonyl (C=O) groups is 2. The molecule has 0 saturated carbocycles. The number of methoxy groups -OCH3 is 1. The maximum atomic E-state index is 12.6. The van der Waals surface area contributed by atoms with Crippen LogP contribution in [0, 0.1) is 18.5 Å². The molecule has 0 aliphatic heterocycles. The third-order valence-corrected chi connectivity index (χ3v) is 6.56. The van der Waals surface area contributed by atoms with Crippen LogP contribution in [0.4, 0.5) is 5.69 Å². The standard InChI is InChI=1S/C25H17ClI2N2O4/c1-33-25(32)16-6-8-19(9-7-16)30-24(31)18(13-29)10-15-11-21(27)23(22(28)12-15)34-14-17-4-2-3-5-20(17)26/h2-12H,14H2,1H3,(H,30,31)/b18-10+. The van der Waals surface area contributed by atoms with Crippen LogP contribution in [0.15, 0.2) is 66.2 Å². The minimum absolute atomic E-state index is 0.0617.